The number of carboxylic acid groups (broad SMARTS) is 1. The fourth-order valence-electron chi connectivity index (χ4n) is 8.38. The molecule has 1 heterocycles. The number of rotatable bonds is 6. The van der Waals surface area contributed by atoms with Gasteiger partial charge < -0.3 is 14.7 Å². The molecule has 6 saturated carbocycles. The quantitative estimate of drug-likeness (QED) is 0.659. The van der Waals surface area contributed by atoms with E-state index in [1.807, 2.05) is 0 Å². The summed E-state index contributed by atoms with van der Waals surface area (Å²) < 4.78 is 21.7. The van der Waals surface area contributed by atoms with Crippen molar-refractivity contribution in [2.75, 3.05) is 6.61 Å². The summed E-state index contributed by atoms with van der Waals surface area (Å²) in [5.74, 6) is 1.64. The van der Waals surface area contributed by atoms with Gasteiger partial charge in [-0.2, -0.15) is 0 Å². The number of hydrogen-bond acceptors (Lipinski definition) is 3. The molecule has 6 aliphatic carbocycles. The van der Waals surface area contributed by atoms with Crippen LogP contribution < -0.4 is 4.74 Å². The molecule has 0 spiro atoms. The Morgan fingerprint density at radius 2 is 1.70 bits per heavy atom. The van der Waals surface area contributed by atoms with Crippen LogP contribution in [0.1, 0.15) is 86.0 Å². The molecular weight excluding hydrogens is 421 g/mol. The smallest absolute Gasteiger partial charge is 0.326 e. The van der Waals surface area contributed by atoms with Gasteiger partial charge in [-0.25, -0.2) is 9.18 Å². The minimum Gasteiger partial charge on any atom is -0.493 e. The summed E-state index contributed by atoms with van der Waals surface area (Å²) in [4.78, 5) is 26.4. The predicted molar refractivity (Wildman–Crippen MR) is 119 cm³/mol. The molecule has 4 bridgehead atoms. The van der Waals surface area contributed by atoms with Gasteiger partial charge in [0, 0.05) is 17.5 Å². The Bertz CT molecular complexity index is 998. The van der Waals surface area contributed by atoms with Gasteiger partial charge in [0.15, 0.2) is 0 Å². The summed E-state index contributed by atoms with van der Waals surface area (Å²) in [5, 5.41) is 9.56. The van der Waals surface area contributed by atoms with E-state index in [4.69, 9.17) is 4.74 Å². The normalized spacial score (nSPS) is 40.1. The molecule has 1 aliphatic heterocycles. The van der Waals surface area contributed by atoms with E-state index in [0.717, 1.165) is 42.6 Å². The second-order valence-electron chi connectivity index (χ2n) is 12.2. The van der Waals surface area contributed by atoms with Crippen LogP contribution in [0.5, 0.6) is 5.75 Å². The van der Waals surface area contributed by atoms with E-state index in [2.05, 4.69) is 0 Å². The van der Waals surface area contributed by atoms with Crippen molar-refractivity contribution in [2.45, 2.75) is 82.2 Å². The van der Waals surface area contributed by atoms with Crippen molar-refractivity contribution < 1.29 is 23.8 Å². The van der Waals surface area contributed by atoms with Crippen molar-refractivity contribution in [3.05, 3.63) is 29.1 Å². The van der Waals surface area contributed by atoms with Crippen molar-refractivity contribution >= 4 is 11.9 Å². The molecule has 1 N–H and O–H groups in total. The predicted octanol–water partition coefficient (Wildman–Crippen LogP) is 4.99. The van der Waals surface area contributed by atoms with Crippen LogP contribution in [0.4, 0.5) is 4.39 Å². The van der Waals surface area contributed by atoms with Crippen LogP contribution >= 0.6 is 0 Å². The van der Waals surface area contributed by atoms with Crippen LogP contribution in [-0.4, -0.2) is 40.6 Å². The van der Waals surface area contributed by atoms with Crippen LogP contribution in [0.3, 0.4) is 0 Å². The zero-order chi connectivity index (χ0) is 22.5. The minimum atomic E-state index is -0.992. The molecule has 1 aromatic rings. The van der Waals surface area contributed by atoms with Gasteiger partial charge >= 0.3 is 5.97 Å². The number of nitrogens with zero attached hydrogens (tertiary/aromatic N) is 1. The van der Waals surface area contributed by atoms with Crippen LogP contribution in [0.15, 0.2) is 12.1 Å². The van der Waals surface area contributed by atoms with Crippen LogP contribution in [0, 0.1) is 34.9 Å². The number of likely N-dealkylation sites (tertiary alicyclic amines) is 1. The Hall–Kier alpha value is -2.11. The number of halogens is 1. The lowest BCUT2D eigenvalue weighted by Gasteiger charge is -2.56. The number of fused-ring (bicyclic) bond motifs is 1. The van der Waals surface area contributed by atoms with Gasteiger partial charge in [0.25, 0.3) is 5.91 Å². The number of carbonyl (C=O) groups is 2. The first-order chi connectivity index (χ1) is 15.9. The first-order valence-electron chi connectivity index (χ1n) is 12.9. The maximum atomic E-state index is 15.3. The zero-order valence-corrected chi connectivity index (χ0v) is 19.0. The maximum absolute atomic E-state index is 15.3. The number of carbonyl (C=O) groups excluding carboxylic acids is 1. The molecule has 3 atom stereocenters. The third kappa shape index (κ3) is 3.30. The Morgan fingerprint density at radius 1 is 1.03 bits per heavy atom. The molecule has 0 radical (unpaired) electrons. The van der Waals surface area contributed by atoms with Gasteiger partial charge in [-0.1, -0.05) is 0 Å². The summed E-state index contributed by atoms with van der Waals surface area (Å²) >= 11 is 0. The molecule has 6 heteroatoms. The Balaban J connectivity index is 1.15. The number of hydrogen-bond donors (Lipinski definition) is 1. The van der Waals surface area contributed by atoms with E-state index in [1.165, 1.54) is 49.5 Å². The summed E-state index contributed by atoms with van der Waals surface area (Å²) in [6, 6.07) is 2.21. The molecule has 33 heavy (non-hydrogen) atoms. The molecule has 1 aromatic carbocycles. The minimum absolute atomic E-state index is 0.0119. The van der Waals surface area contributed by atoms with Crippen LogP contribution in [-0.2, 0) is 4.79 Å². The van der Waals surface area contributed by atoms with Crippen LogP contribution in [0.2, 0.25) is 0 Å². The van der Waals surface area contributed by atoms with Crippen LogP contribution in [0.25, 0.3) is 0 Å². The highest BCUT2D eigenvalue weighted by atomic mass is 19.1. The fourth-order valence-corrected chi connectivity index (χ4v) is 8.38. The highest BCUT2D eigenvalue weighted by Crippen LogP contribution is 2.60. The molecule has 7 fully saturated rings. The zero-order valence-electron chi connectivity index (χ0n) is 19.0. The second kappa shape index (κ2) is 6.96. The summed E-state index contributed by atoms with van der Waals surface area (Å²) in [7, 11) is 0. The molecule has 1 saturated heterocycles. The van der Waals surface area contributed by atoms with E-state index in [0.29, 0.717) is 24.7 Å². The van der Waals surface area contributed by atoms with Gasteiger partial charge in [0.05, 0.1) is 12.2 Å². The van der Waals surface area contributed by atoms with Gasteiger partial charge in [-0.15, -0.1) is 0 Å². The highest BCUT2D eigenvalue weighted by Gasteiger charge is 2.57. The molecule has 176 valence electrons. The van der Waals surface area contributed by atoms with Gasteiger partial charge in [0.2, 0.25) is 0 Å². The summed E-state index contributed by atoms with van der Waals surface area (Å²) in [6.07, 6.45) is 11.2. The number of benzene rings is 1. The Kier molecular flexibility index (Phi) is 4.27. The largest absolute Gasteiger partial charge is 0.493 e. The van der Waals surface area contributed by atoms with Crippen molar-refractivity contribution in [3.63, 3.8) is 0 Å². The number of amides is 1. The van der Waals surface area contributed by atoms with E-state index in [9.17, 15) is 14.7 Å². The highest BCUT2D eigenvalue weighted by molar-refractivity contribution is 5.98. The molecule has 0 unspecified atom stereocenters. The number of carboxylic acids is 1. The van der Waals surface area contributed by atoms with Gasteiger partial charge in [0.1, 0.15) is 17.6 Å². The maximum Gasteiger partial charge on any atom is 0.326 e. The SMILES string of the molecule is O=C(O)[C@@H]1C[C@H]2C[C@H]2N1C(=O)c1cc(C2CC2)c(OCC23CC4CC(CC(C4)C2)C3)cc1F. The average molecular weight is 454 g/mol. The van der Waals surface area contributed by atoms with E-state index in [1.54, 1.807) is 6.07 Å². The lowest BCUT2D eigenvalue weighted by atomic mass is 9.50. The average Bonchev–Trinajstić information content (AvgIpc) is 3.69. The first kappa shape index (κ1) is 20.3. The molecule has 0 aromatic heterocycles. The Morgan fingerprint density at radius 3 is 2.30 bits per heavy atom. The molecular formula is C27H32FNO4. The number of piperidine rings is 1. The lowest BCUT2D eigenvalue weighted by Crippen LogP contribution is -2.48. The summed E-state index contributed by atoms with van der Waals surface area (Å²) in [5.41, 5.74) is 1.19. The Labute approximate surface area is 193 Å². The van der Waals surface area contributed by atoms with Gasteiger partial charge in [-0.3, -0.25) is 4.79 Å². The standard InChI is InChI=1S/C27H32FNO4/c28-21-9-24(33-13-27-10-14-3-15(11-27)5-16(4-14)12-27)19(17-1-2-17)8-20(21)25(30)29-22-6-18(22)7-23(29)26(31)32/h8-9,14-18,22-23H,1-7,10-13H2,(H,31,32)/t14?,15?,16?,18-,22-,23+,27?/m1/s1. The second-order valence-corrected chi connectivity index (χ2v) is 12.2. The summed E-state index contributed by atoms with van der Waals surface area (Å²) in [6.45, 7) is 0.653. The molecule has 8 rings (SSSR count). The van der Waals surface area contributed by atoms with Crippen molar-refractivity contribution in [3.8, 4) is 5.75 Å². The monoisotopic (exact) mass is 453 g/mol. The fraction of sp³-hybridized carbons (Fsp3) is 0.704. The molecule has 5 nitrogen and oxygen atoms in total. The third-order valence-corrected chi connectivity index (χ3v) is 9.67. The third-order valence-electron chi connectivity index (χ3n) is 9.67. The van der Waals surface area contributed by atoms with E-state index < -0.39 is 23.7 Å². The number of ether oxygens (including phenoxy) is 1. The first-order valence-corrected chi connectivity index (χ1v) is 12.9. The van der Waals surface area contributed by atoms with E-state index >= 15 is 4.39 Å². The lowest BCUT2D eigenvalue weighted by molar-refractivity contribution is -0.141. The molecule has 1 amide bonds. The van der Waals surface area contributed by atoms with Gasteiger partial charge in [-0.05, 0) is 105 Å². The molecule has 7 aliphatic rings. The van der Waals surface area contributed by atoms with Crippen molar-refractivity contribution in [1.82, 2.24) is 4.90 Å². The topological polar surface area (TPSA) is 66.8 Å². The number of aliphatic carboxylic acids is 1. The van der Waals surface area contributed by atoms with E-state index in [-0.39, 0.29) is 22.9 Å². The van der Waals surface area contributed by atoms with Crippen molar-refractivity contribution in [2.24, 2.45) is 29.1 Å². The van der Waals surface area contributed by atoms with Crippen molar-refractivity contribution in [1.29, 1.82) is 0 Å².